The third-order valence-corrected chi connectivity index (χ3v) is 5.25. The number of carbonyl (C=O) groups is 3. The third kappa shape index (κ3) is 5.02. The molecule has 0 saturated carbocycles. The summed E-state index contributed by atoms with van der Waals surface area (Å²) in [5.74, 6) is -2.29. The van der Waals surface area contributed by atoms with Crippen LogP contribution < -0.4 is 0 Å². The molecule has 0 fully saturated rings. The van der Waals surface area contributed by atoms with Gasteiger partial charge in [-0.3, -0.25) is 44.1 Å². The quantitative estimate of drug-likeness (QED) is 0.268. The van der Waals surface area contributed by atoms with Gasteiger partial charge in [0.05, 0.1) is 27.0 Å². The number of nitrogens with zero attached hydrogens (tertiary/aromatic N) is 3. The summed E-state index contributed by atoms with van der Waals surface area (Å²) in [5, 5.41) is 28.6. The third-order valence-electron chi connectivity index (χ3n) is 3.86. The van der Waals surface area contributed by atoms with Crippen molar-refractivity contribution in [1.29, 1.82) is 0 Å². The first-order chi connectivity index (χ1) is 14.8. The van der Waals surface area contributed by atoms with Gasteiger partial charge >= 0.3 is 5.97 Å². The molecule has 16 heteroatoms. The van der Waals surface area contributed by atoms with Crippen LogP contribution in [0, 0.1) is 20.2 Å². The first-order valence-electron chi connectivity index (χ1n) is 8.02. The minimum absolute atomic E-state index is 0.267. The van der Waals surface area contributed by atoms with Gasteiger partial charge in [-0.2, -0.15) is 8.42 Å². The van der Waals surface area contributed by atoms with Crippen LogP contribution >= 0.6 is 11.6 Å². The summed E-state index contributed by atoms with van der Waals surface area (Å²) >= 11 is 5.36. The Bertz CT molecular complexity index is 1240. The maximum Gasteiger partial charge on any atom is 0.323 e. The van der Waals surface area contributed by atoms with Crippen LogP contribution in [0.3, 0.4) is 0 Å². The number of carboxylic acids is 1. The lowest BCUT2D eigenvalue weighted by atomic mass is 10.1. The van der Waals surface area contributed by atoms with Crippen LogP contribution in [0.1, 0.15) is 20.7 Å². The number of aliphatic carboxylic acids is 1. The van der Waals surface area contributed by atoms with E-state index in [0.29, 0.717) is 12.1 Å². The predicted molar refractivity (Wildman–Crippen MR) is 104 cm³/mol. The van der Waals surface area contributed by atoms with E-state index in [-0.39, 0.29) is 11.1 Å². The molecule has 1 aliphatic rings. The number of nitro groups is 2. The zero-order chi connectivity index (χ0) is 24.4. The van der Waals surface area contributed by atoms with Crippen molar-refractivity contribution in [3.8, 4) is 0 Å². The highest BCUT2D eigenvalue weighted by atomic mass is 35.5. The molecular weight excluding hydrogens is 478 g/mol. The Hall–Kier alpha value is -3.95. The number of fused-ring (bicyclic) bond motifs is 1. The summed E-state index contributed by atoms with van der Waals surface area (Å²) in [6.45, 7) is -0.591. The van der Waals surface area contributed by atoms with E-state index in [9.17, 15) is 43.0 Å². The Balaban J connectivity index is 0.000000228. The minimum atomic E-state index is -4.89. The zero-order valence-electron chi connectivity index (χ0n) is 15.4. The Morgan fingerprint density at radius 1 is 1.03 bits per heavy atom. The van der Waals surface area contributed by atoms with Gasteiger partial charge in [0.1, 0.15) is 16.5 Å². The van der Waals surface area contributed by atoms with Crippen molar-refractivity contribution >= 4 is 50.9 Å². The fraction of sp³-hybridized carbons (Fsp3) is 0.0625. The second kappa shape index (κ2) is 9.04. The number of amides is 2. The van der Waals surface area contributed by atoms with Gasteiger partial charge in [-0.1, -0.05) is 23.7 Å². The van der Waals surface area contributed by atoms with Crippen LogP contribution in [0.25, 0.3) is 0 Å². The molecule has 3 rings (SSSR count). The molecular formula is C16H10ClN3O11S. The van der Waals surface area contributed by atoms with Crippen LogP contribution in [0.2, 0.25) is 5.02 Å². The van der Waals surface area contributed by atoms with Crippen LogP contribution in [0.15, 0.2) is 41.3 Å². The predicted octanol–water partition coefficient (Wildman–Crippen LogP) is 1.77. The van der Waals surface area contributed by atoms with Gasteiger partial charge in [0.25, 0.3) is 33.3 Å². The number of rotatable bonds is 5. The molecule has 2 amide bonds. The van der Waals surface area contributed by atoms with Crippen molar-refractivity contribution in [3.63, 3.8) is 0 Å². The van der Waals surface area contributed by atoms with Crippen LogP contribution in [-0.4, -0.2) is 57.2 Å². The lowest BCUT2D eigenvalue weighted by molar-refractivity contribution is -0.394. The molecule has 0 saturated heterocycles. The summed E-state index contributed by atoms with van der Waals surface area (Å²) in [6.07, 6.45) is 0. The minimum Gasteiger partial charge on any atom is -0.480 e. The van der Waals surface area contributed by atoms with Gasteiger partial charge in [-0.15, -0.1) is 0 Å². The molecule has 2 aromatic carbocycles. The van der Waals surface area contributed by atoms with E-state index >= 15 is 0 Å². The SMILES string of the molecule is O=C(O)CN1C(=O)c2ccccc2C1=O.O=[N+]([O-])c1cc([N+](=O)[O-])c(Cl)c(S(=O)(=O)O)c1. The fourth-order valence-corrected chi connectivity index (χ4v) is 3.58. The van der Waals surface area contributed by atoms with Crippen LogP contribution in [0.4, 0.5) is 11.4 Å². The highest BCUT2D eigenvalue weighted by Crippen LogP contribution is 2.35. The van der Waals surface area contributed by atoms with E-state index in [4.69, 9.17) is 21.3 Å². The molecule has 32 heavy (non-hydrogen) atoms. The first kappa shape index (κ1) is 24.3. The monoisotopic (exact) mass is 487 g/mol. The van der Waals surface area contributed by atoms with Gasteiger partial charge in [-0.05, 0) is 12.1 Å². The first-order valence-corrected chi connectivity index (χ1v) is 9.84. The molecule has 0 atom stereocenters. The molecule has 0 unspecified atom stereocenters. The maximum absolute atomic E-state index is 11.6. The molecule has 0 spiro atoms. The molecule has 2 aromatic rings. The van der Waals surface area contributed by atoms with Crippen molar-refractivity contribution in [3.05, 3.63) is 72.8 Å². The number of hydrogen-bond donors (Lipinski definition) is 2. The molecule has 168 valence electrons. The van der Waals surface area contributed by atoms with Gasteiger partial charge < -0.3 is 5.11 Å². The molecule has 2 N–H and O–H groups in total. The topological polar surface area (TPSA) is 215 Å². The number of halogens is 1. The standard InChI is InChI=1S/C10H7NO4.C6H3ClN2O7S/c12-8(13)5-11-9(14)6-3-1-2-4-7(6)10(11)15;7-6-4(9(12)13)1-3(8(10)11)2-5(6)17(14,15)16/h1-4H,5H2,(H,12,13);1-2H,(H,14,15,16). The highest BCUT2D eigenvalue weighted by Gasteiger charge is 2.36. The maximum atomic E-state index is 11.6. The summed E-state index contributed by atoms with van der Waals surface area (Å²) in [7, 11) is -4.89. The Labute approximate surface area is 182 Å². The number of hydrogen-bond acceptors (Lipinski definition) is 9. The second-order valence-corrected chi connectivity index (χ2v) is 7.67. The number of carbonyl (C=O) groups excluding carboxylic acids is 2. The molecule has 0 aliphatic carbocycles. The number of imide groups is 1. The highest BCUT2D eigenvalue weighted by molar-refractivity contribution is 7.86. The number of nitro benzene ring substituents is 2. The van der Waals surface area contributed by atoms with Gasteiger partial charge in [0.15, 0.2) is 0 Å². The Kier molecular flexibility index (Phi) is 6.87. The summed E-state index contributed by atoms with van der Waals surface area (Å²) in [5.41, 5.74) is -1.31. The average molecular weight is 488 g/mol. The van der Waals surface area contributed by atoms with E-state index in [2.05, 4.69) is 0 Å². The van der Waals surface area contributed by atoms with Gasteiger partial charge in [0.2, 0.25) is 0 Å². The van der Waals surface area contributed by atoms with Crippen LogP contribution in [0.5, 0.6) is 0 Å². The van der Waals surface area contributed by atoms with E-state index < -0.39 is 65.6 Å². The molecule has 0 aromatic heterocycles. The van der Waals surface area contributed by atoms with Crippen molar-refractivity contribution in [2.75, 3.05) is 6.54 Å². The van der Waals surface area contributed by atoms with Crippen molar-refractivity contribution in [1.82, 2.24) is 4.90 Å². The molecule has 1 heterocycles. The second-order valence-electron chi connectivity index (χ2n) is 5.90. The van der Waals surface area contributed by atoms with Crippen LogP contribution in [-0.2, 0) is 14.9 Å². The smallest absolute Gasteiger partial charge is 0.323 e. The van der Waals surface area contributed by atoms with Gasteiger partial charge in [0, 0.05) is 6.07 Å². The normalized spacial score (nSPS) is 12.6. The molecule has 0 radical (unpaired) electrons. The number of benzene rings is 2. The Morgan fingerprint density at radius 2 is 1.53 bits per heavy atom. The summed E-state index contributed by atoms with van der Waals surface area (Å²) in [6, 6.07) is 7.22. The lowest BCUT2D eigenvalue weighted by Gasteiger charge is -2.09. The summed E-state index contributed by atoms with van der Waals surface area (Å²) in [4.78, 5) is 52.1. The Morgan fingerprint density at radius 3 is 1.91 bits per heavy atom. The van der Waals surface area contributed by atoms with E-state index in [0.717, 1.165) is 4.90 Å². The number of carboxylic acid groups (broad SMARTS) is 1. The fourth-order valence-electron chi connectivity index (χ4n) is 2.51. The van der Waals surface area contributed by atoms with Crippen molar-refractivity contribution in [2.45, 2.75) is 4.90 Å². The van der Waals surface area contributed by atoms with Crippen molar-refractivity contribution < 1.29 is 42.3 Å². The van der Waals surface area contributed by atoms with Crippen molar-refractivity contribution in [2.24, 2.45) is 0 Å². The summed E-state index contributed by atoms with van der Waals surface area (Å²) < 4.78 is 30.4. The van der Waals surface area contributed by atoms with E-state index in [1.54, 1.807) is 12.1 Å². The number of non-ortho nitro benzene ring substituents is 1. The van der Waals surface area contributed by atoms with E-state index in [1.807, 2.05) is 0 Å². The van der Waals surface area contributed by atoms with Gasteiger partial charge in [-0.25, -0.2) is 0 Å². The largest absolute Gasteiger partial charge is 0.480 e. The molecule has 14 nitrogen and oxygen atoms in total. The average Bonchev–Trinajstić information content (AvgIpc) is 2.92. The molecule has 1 aliphatic heterocycles. The van der Waals surface area contributed by atoms with E-state index in [1.165, 1.54) is 12.1 Å². The zero-order valence-corrected chi connectivity index (χ0v) is 16.9. The molecule has 0 bridgehead atoms. The lowest BCUT2D eigenvalue weighted by Crippen LogP contribution is -2.34.